The molecule has 1 saturated heterocycles. The zero-order valence-electron chi connectivity index (χ0n) is 19.4. The van der Waals surface area contributed by atoms with Gasteiger partial charge in [-0.25, -0.2) is 0 Å². The van der Waals surface area contributed by atoms with E-state index in [1.165, 1.54) is 13.2 Å². The van der Waals surface area contributed by atoms with Gasteiger partial charge in [0.05, 0.1) is 37.3 Å². The van der Waals surface area contributed by atoms with Gasteiger partial charge in [-0.1, -0.05) is 18.2 Å². The van der Waals surface area contributed by atoms with Crippen LogP contribution in [0.1, 0.15) is 26.3 Å². The highest BCUT2D eigenvalue weighted by Crippen LogP contribution is 2.27. The van der Waals surface area contributed by atoms with Crippen LogP contribution in [-0.2, 0) is 11.3 Å². The first kappa shape index (κ1) is 23.9. The van der Waals surface area contributed by atoms with Gasteiger partial charge in [0.1, 0.15) is 0 Å². The van der Waals surface area contributed by atoms with Crippen LogP contribution < -0.4 is 26.0 Å². The van der Waals surface area contributed by atoms with Gasteiger partial charge in [0.15, 0.2) is 11.5 Å². The lowest BCUT2D eigenvalue weighted by Crippen LogP contribution is -2.38. The third-order valence-electron chi connectivity index (χ3n) is 5.76. The number of anilines is 3. The molecule has 0 unspecified atom stereocenters. The van der Waals surface area contributed by atoms with E-state index < -0.39 is 0 Å². The van der Waals surface area contributed by atoms with Gasteiger partial charge in [-0.3, -0.25) is 9.59 Å². The van der Waals surface area contributed by atoms with Crippen molar-refractivity contribution in [3.63, 3.8) is 0 Å². The molecule has 3 aromatic rings. The summed E-state index contributed by atoms with van der Waals surface area (Å²) in [6.45, 7) is 2.58. The molecule has 2 amide bonds. The number of methoxy groups -OCH3 is 1. The maximum absolute atomic E-state index is 13.3. The summed E-state index contributed by atoms with van der Waals surface area (Å²) in [4.78, 5) is 28.3. The molecule has 1 aliphatic rings. The van der Waals surface area contributed by atoms with E-state index in [4.69, 9.17) is 15.2 Å². The molecule has 5 N–H and O–H groups in total. The molecule has 4 rings (SSSR count). The number of carbonyl (C=O) groups excluding carboxylic acids is 2. The Kier molecular flexibility index (Phi) is 7.37. The summed E-state index contributed by atoms with van der Waals surface area (Å²) in [6.07, 6.45) is 0. The number of para-hydroxylation sites is 2. The molecule has 0 atom stereocenters. The lowest BCUT2D eigenvalue weighted by molar-refractivity contribution is 0.0949. The van der Waals surface area contributed by atoms with E-state index in [1.807, 2.05) is 0 Å². The van der Waals surface area contributed by atoms with Crippen LogP contribution in [-0.4, -0.2) is 50.3 Å². The Bertz CT molecular complexity index is 1220. The Hall–Kier alpha value is -4.24. The number of nitrogens with zero attached hydrogens (tertiary/aromatic N) is 1. The average molecular weight is 477 g/mol. The molecule has 1 aliphatic heterocycles. The molecule has 3 aromatic carbocycles. The van der Waals surface area contributed by atoms with Gasteiger partial charge in [0, 0.05) is 30.9 Å². The van der Waals surface area contributed by atoms with E-state index >= 15 is 0 Å². The zero-order chi connectivity index (χ0) is 24.8. The SMILES string of the molecule is COc1ccc(CNC(=O)c2cc(C(=O)Nc3ccccc3N)ccc2N2CCOCC2)cc1O. The number of benzene rings is 3. The highest BCUT2D eigenvalue weighted by atomic mass is 16.5. The highest BCUT2D eigenvalue weighted by molar-refractivity contribution is 6.08. The van der Waals surface area contributed by atoms with Crippen molar-refractivity contribution in [3.05, 3.63) is 77.4 Å². The van der Waals surface area contributed by atoms with Crippen molar-refractivity contribution in [1.29, 1.82) is 0 Å². The first-order valence-corrected chi connectivity index (χ1v) is 11.2. The van der Waals surface area contributed by atoms with E-state index in [0.717, 1.165) is 5.69 Å². The summed E-state index contributed by atoms with van der Waals surface area (Å²) in [6, 6.07) is 17.0. The maximum atomic E-state index is 13.3. The number of hydrogen-bond acceptors (Lipinski definition) is 7. The van der Waals surface area contributed by atoms with E-state index in [1.54, 1.807) is 54.6 Å². The van der Waals surface area contributed by atoms with Crippen molar-refractivity contribution >= 4 is 28.9 Å². The maximum Gasteiger partial charge on any atom is 0.255 e. The summed E-state index contributed by atoms with van der Waals surface area (Å²) < 4.78 is 10.5. The average Bonchev–Trinajstić information content (AvgIpc) is 2.89. The van der Waals surface area contributed by atoms with Gasteiger partial charge < -0.3 is 35.8 Å². The highest BCUT2D eigenvalue weighted by Gasteiger charge is 2.21. The van der Waals surface area contributed by atoms with Crippen LogP contribution in [0.4, 0.5) is 17.1 Å². The predicted molar refractivity (Wildman–Crippen MR) is 134 cm³/mol. The first-order valence-electron chi connectivity index (χ1n) is 11.2. The smallest absolute Gasteiger partial charge is 0.255 e. The summed E-state index contributed by atoms with van der Waals surface area (Å²) in [5, 5.41) is 15.7. The molecule has 1 heterocycles. The Balaban J connectivity index is 1.58. The van der Waals surface area contributed by atoms with Gasteiger partial charge in [0.2, 0.25) is 0 Å². The van der Waals surface area contributed by atoms with Crippen molar-refractivity contribution in [3.8, 4) is 11.5 Å². The number of rotatable bonds is 7. The molecule has 0 aromatic heterocycles. The number of phenols is 1. The summed E-state index contributed by atoms with van der Waals surface area (Å²) >= 11 is 0. The Morgan fingerprint density at radius 3 is 2.54 bits per heavy atom. The molecule has 0 aliphatic carbocycles. The quantitative estimate of drug-likeness (QED) is 0.386. The number of morpholine rings is 1. The number of hydrogen-bond donors (Lipinski definition) is 4. The molecule has 0 radical (unpaired) electrons. The van der Waals surface area contributed by atoms with E-state index in [2.05, 4.69) is 15.5 Å². The number of phenolic OH excluding ortho intramolecular Hbond substituents is 1. The summed E-state index contributed by atoms with van der Waals surface area (Å²) in [7, 11) is 1.47. The van der Waals surface area contributed by atoms with Gasteiger partial charge in [-0.2, -0.15) is 0 Å². The molecule has 9 heteroatoms. The van der Waals surface area contributed by atoms with Crippen molar-refractivity contribution in [2.75, 3.05) is 49.4 Å². The summed E-state index contributed by atoms with van der Waals surface area (Å²) in [5.41, 5.74) is 9.03. The van der Waals surface area contributed by atoms with Crippen LogP contribution in [0.15, 0.2) is 60.7 Å². The number of nitrogens with two attached hydrogens (primary N) is 1. The molecule has 182 valence electrons. The van der Waals surface area contributed by atoms with Gasteiger partial charge >= 0.3 is 0 Å². The fourth-order valence-electron chi connectivity index (χ4n) is 3.87. The lowest BCUT2D eigenvalue weighted by atomic mass is 10.0. The van der Waals surface area contributed by atoms with E-state index in [-0.39, 0.29) is 24.1 Å². The Morgan fingerprint density at radius 1 is 1.06 bits per heavy atom. The van der Waals surface area contributed by atoms with Crippen LogP contribution in [0.3, 0.4) is 0 Å². The van der Waals surface area contributed by atoms with Crippen molar-refractivity contribution in [1.82, 2.24) is 5.32 Å². The number of nitrogen functional groups attached to an aromatic ring is 1. The monoisotopic (exact) mass is 476 g/mol. The second-order valence-corrected chi connectivity index (χ2v) is 8.06. The molecular formula is C26H28N4O5. The number of amides is 2. The minimum absolute atomic E-state index is 0.00731. The molecule has 0 bridgehead atoms. The fraction of sp³-hybridized carbons (Fsp3) is 0.231. The minimum atomic E-state index is -0.370. The molecule has 0 saturated carbocycles. The molecule has 0 spiro atoms. The molecule has 9 nitrogen and oxygen atoms in total. The number of ether oxygens (including phenoxy) is 2. The van der Waals surface area contributed by atoms with Crippen molar-refractivity contribution < 1.29 is 24.2 Å². The van der Waals surface area contributed by atoms with Gasteiger partial charge in [-0.05, 0) is 48.0 Å². The Morgan fingerprint density at radius 2 is 1.83 bits per heavy atom. The van der Waals surface area contributed by atoms with Gasteiger partial charge in [0.25, 0.3) is 11.8 Å². The first-order chi connectivity index (χ1) is 17.0. The third kappa shape index (κ3) is 5.64. The van der Waals surface area contributed by atoms with Crippen LogP contribution >= 0.6 is 0 Å². The van der Waals surface area contributed by atoms with E-state index in [0.29, 0.717) is 60.1 Å². The summed E-state index contributed by atoms with van der Waals surface area (Å²) in [5.74, 6) is -0.360. The van der Waals surface area contributed by atoms with Crippen LogP contribution in [0, 0.1) is 0 Å². The second-order valence-electron chi connectivity index (χ2n) is 8.06. The van der Waals surface area contributed by atoms with Crippen molar-refractivity contribution in [2.45, 2.75) is 6.54 Å². The van der Waals surface area contributed by atoms with Crippen LogP contribution in [0.2, 0.25) is 0 Å². The second kappa shape index (κ2) is 10.8. The topological polar surface area (TPSA) is 126 Å². The zero-order valence-corrected chi connectivity index (χ0v) is 19.4. The number of aromatic hydroxyl groups is 1. The van der Waals surface area contributed by atoms with E-state index in [9.17, 15) is 14.7 Å². The molecular weight excluding hydrogens is 448 g/mol. The molecule has 35 heavy (non-hydrogen) atoms. The number of nitrogens with one attached hydrogen (secondary N) is 2. The molecule has 1 fully saturated rings. The van der Waals surface area contributed by atoms with Crippen LogP contribution in [0.5, 0.6) is 11.5 Å². The minimum Gasteiger partial charge on any atom is -0.504 e. The normalized spacial score (nSPS) is 13.2. The predicted octanol–water partition coefficient (Wildman–Crippen LogP) is 3.00. The fourth-order valence-corrected chi connectivity index (χ4v) is 3.87. The largest absolute Gasteiger partial charge is 0.504 e. The third-order valence-corrected chi connectivity index (χ3v) is 5.76. The lowest BCUT2D eigenvalue weighted by Gasteiger charge is -2.30. The Labute approximate surface area is 203 Å². The van der Waals surface area contributed by atoms with Crippen LogP contribution in [0.25, 0.3) is 0 Å². The van der Waals surface area contributed by atoms with Gasteiger partial charge in [-0.15, -0.1) is 0 Å². The number of carbonyl (C=O) groups is 2. The standard InChI is InChI=1S/C26H28N4O5/c1-34-24-9-6-17(14-23(24)31)16-28-26(33)19-15-18(7-8-22(19)30-10-12-35-13-11-30)25(32)29-21-5-3-2-4-20(21)27/h2-9,14-15,31H,10-13,16,27H2,1H3,(H,28,33)(H,29,32). The van der Waals surface area contributed by atoms with Crippen molar-refractivity contribution in [2.24, 2.45) is 0 Å².